The van der Waals surface area contributed by atoms with Gasteiger partial charge in [-0.25, -0.2) is 0 Å². The number of aromatic nitrogens is 2. The molecule has 0 N–H and O–H groups in total. The van der Waals surface area contributed by atoms with Gasteiger partial charge in [0.1, 0.15) is 0 Å². The molecule has 282 valence electrons. The molecule has 0 aliphatic heterocycles. The SMILES string of the molecule is CCc1ccc(-n2c3ccccc3c3cc(-c4ccc5c(c4)c4ccccc4n5-c4ccc(-c5c6ccccc6c(-c6ccccc6)c6ccccc56)cc4)ccc32)cc1. The van der Waals surface area contributed by atoms with E-state index in [9.17, 15) is 0 Å². The van der Waals surface area contributed by atoms with Crippen LogP contribution in [0, 0.1) is 0 Å². The average Bonchev–Trinajstić information content (AvgIpc) is 3.83. The Morgan fingerprint density at radius 1 is 0.283 bits per heavy atom. The van der Waals surface area contributed by atoms with Crippen molar-refractivity contribution in [3.63, 3.8) is 0 Å². The highest BCUT2D eigenvalue weighted by Crippen LogP contribution is 2.44. The van der Waals surface area contributed by atoms with Gasteiger partial charge in [-0.15, -0.1) is 0 Å². The highest BCUT2D eigenvalue weighted by molar-refractivity contribution is 6.21. The van der Waals surface area contributed by atoms with Crippen molar-refractivity contribution in [2.45, 2.75) is 13.3 Å². The molecular weight excluding hydrogens is 725 g/mol. The van der Waals surface area contributed by atoms with E-state index in [0.717, 1.165) is 12.1 Å². The van der Waals surface area contributed by atoms with Crippen molar-refractivity contribution >= 4 is 65.2 Å². The second kappa shape index (κ2) is 13.7. The zero-order chi connectivity index (χ0) is 39.7. The summed E-state index contributed by atoms with van der Waals surface area (Å²) in [5, 5.41) is 10.1. The zero-order valence-electron chi connectivity index (χ0n) is 33.3. The van der Waals surface area contributed by atoms with Crippen LogP contribution in [0.1, 0.15) is 12.5 Å². The van der Waals surface area contributed by atoms with Crippen molar-refractivity contribution in [2.75, 3.05) is 0 Å². The van der Waals surface area contributed by atoms with E-state index < -0.39 is 0 Å². The van der Waals surface area contributed by atoms with Crippen LogP contribution in [-0.2, 0) is 6.42 Å². The summed E-state index contributed by atoms with van der Waals surface area (Å²) >= 11 is 0. The number of para-hydroxylation sites is 2. The van der Waals surface area contributed by atoms with E-state index in [4.69, 9.17) is 0 Å². The summed E-state index contributed by atoms with van der Waals surface area (Å²) in [6, 6.07) is 78.4. The lowest BCUT2D eigenvalue weighted by Crippen LogP contribution is -1.95. The first-order valence-electron chi connectivity index (χ1n) is 21.0. The summed E-state index contributed by atoms with van der Waals surface area (Å²) in [4.78, 5) is 0. The summed E-state index contributed by atoms with van der Waals surface area (Å²) in [6.07, 6.45) is 1.03. The maximum Gasteiger partial charge on any atom is 0.0541 e. The standard InChI is InChI=1S/C58H40N2/c1-2-38-24-30-43(31-25-38)59-53-22-12-10-16-45(53)51-36-41(28-34-55(51)59)42-29-35-56-52(37-42)46-17-11-13-23-54(46)60(56)44-32-26-40(27-33-44)58-49-20-8-6-18-47(49)57(39-14-4-3-5-15-39)48-19-7-9-21-50(48)58/h3-37H,2H2,1H3. The molecule has 60 heavy (non-hydrogen) atoms. The number of aryl methyl sites for hydroxylation is 1. The van der Waals surface area contributed by atoms with Gasteiger partial charge in [-0.2, -0.15) is 0 Å². The second-order valence-corrected chi connectivity index (χ2v) is 15.9. The van der Waals surface area contributed by atoms with Crippen molar-refractivity contribution in [1.29, 1.82) is 0 Å². The van der Waals surface area contributed by atoms with Gasteiger partial charge in [-0.3, -0.25) is 0 Å². The van der Waals surface area contributed by atoms with E-state index in [2.05, 4.69) is 228 Å². The predicted octanol–water partition coefficient (Wildman–Crippen LogP) is 15.8. The molecule has 2 heterocycles. The third-order valence-electron chi connectivity index (χ3n) is 12.7. The maximum atomic E-state index is 2.42. The van der Waals surface area contributed by atoms with Gasteiger partial charge < -0.3 is 9.13 Å². The Morgan fingerprint density at radius 3 is 1.08 bits per heavy atom. The van der Waals surface area contributed by atoms with Crippen LogP contribution in [0.15, 0.2) is 212 Å². The summed E-state index contributed by atoms with van der Waals surface area (Å²) < 4.78 is 4.83. The molecule has 2 heteroatoms. The molecule has 0 radical (unpaired) electrons. The Balaban J connectivity index is 0.980. The van der Waals surface area contributed by atoms with E-state index in [1.165, 1.54) is 110 Å². The number of fused-ring (bicyclic) bond motifs is 8. The molecule has 10 aromatic carbocycles. The first-order valence-corrected chi connectivity index (χ1v) is 21.0. The third kappa shape index (κ3) is 5.28. The predicted molar refractivity (Wildman–Crippen MR) is 256 cm³/mol. The van der Waals surface area contributed by atoms with Crippen LogP contribution in [0.3, 0.4) is 0 Å². The van der Waals surface area contributed by atoms with Crippen molar-refractivity contribution in [2.24, 2.45) is 0 Å². The molecule has 2 aromatic heterocycles. The van der Waals surface area contributed by atoms with Gasteiger partial charge in [-0.1, -0.05) is 159 Å². The fraction of sp³-hybridized carbons (Fsp3) is 0.0345. The summed E-state index contributed by atoms with van der Waals surface area (Å²) in [5.74, 6) is 0. The lowest BCUT2D eigenvalue weighted by molar-refractivity contribution is 1.12. The summed E-state index contributed by atoms with van der Waals surface area (Å²) in [5.41, 5.74) is 16.0. The molecule has 0 fully saturated rings. The molecular formula is C58H40N2. The average molecular weight is 765 g/mol. The molecule has 2 nitrogen and oxygen atoms in total. The number of nitrogens with zero attached hydrogens (tertiary/aromatic N) is 2. The highest BCUT2D eigenvalue weighted by atomic mass is 15.0. The second-order valence-electron chi connectivity index (χ2n) is 15.9. The van der Waals surface area contributed by atoms with Crippen LogP contribution in [0.5, 0.6) is 0 Å². The summed E-state index contributed by atoms with van der Waals surface area (Å²) in [7, 11) is 0. The fourth-order valence-corrected chi connectivity index (χ4v) is 9.87. The van der Waals surface area contributed by atoms with Gasteiger partial charge in [0.2, 0.25) is 0 Å². The smallest absolute Gasteiger partial charge is 0.0541 e. The quantitative estimate of drug-likeness (QED) is 0.149. The third-order valence-corrected chi connectivity index (χ3v) is 12.7. The number of rotatable bonds is 6. The van der Waals surface area contributed by atoms with Crippen molar-refractivity contribution < 1.29 is 0 Å². The molecule has 0 unspecified atom stereocenters. The van der Waals surface area contributed by atoms with Gasteiger partial charge in [0.25, 0.3) is 0 Å². The number of hydrogen-bond acceptors (Lipinski definition) is 0. The minimum atomic E-state index is 1.03. The molecule has 0 spiro atoms. The molecule has 0 saturated heterocycles. The minimum Gasteiger partial charge on any atom is -0.309 e. The Hall–Kier alpha value is -7.68. The van der Waals surface area contributed by atoms with E-state index in [1.54, 1.807) is 0 Å². The van der Waals surface area contributed by atoms with Gasteiger partial charge >= 0.3 is 0 Å². The number of hydrogen-bond donors (Lipinski definition) is 0. The van der Waals surface area contributed by atoms with Crippen molar-refractivity contribution in [3.8, 4) is 44.8 Å². The largest absolute Gasteiger partial charge is 0.309 e. The molecule has 12 rings (SSSR count). The molecule has 12 aromatic rings. The minimum absolute atomic E-state index is 1.03. The Morgan fingerprint density at radius 2 is 0.633 bits per heavy atom. The van der Waals surface area contributed by atoms with Crippen LogP contribution in [0.4, 0.5) is 0 Å². The van der Waals surface area contributed by atoms with Gasteiger partial charge in [0, 0.05) is 32.9 Å². The molecule has 0 aliphatic rings. The Labute approximate surface area is 348 Å². The molecule has 0 amide bonds. The Kier molecular flexibility index (Phi) is 7.86. The molecule has 0 saturated carbocycles. The monoisotopic (exact) mass is 764 g/mol. The van der Waals surface area contributed by atoms with Crippen LogP contribution >= 0.6 is 0 Å². The zero-order valence-corrected chi connectivity index (χ0v) is 33.3. The lowest BCUT2D eigenvalue weighted by atomic mass is 9.86. The molecule has 0 aliphatic carbocycles. The molecule has 0 bridgehead atoms. The van der Waals surface area contributed by atoms with E-state index in [-0.39, 0.29) is 0 Å². The van der Waals surface area contributed by atoms with Gasteiger partial charge in [-0.05, 0) is 128 Å². The van der Waals surface area contributed by atoms with E-state index >= 15 is 0 Å². The topological polar surface area (TPSA) is 9.86 Å². The van der Waals surface area contributed by atoms with Crippen LogP contribution in [0.2, 0.25) is 0 Å². The van der Waals surface area contributed by atoms with Crippen LogP contribution in [0.25, 0.3) is 110 Å². The fourth-order valence-electron chi connectivity index (χ4n) is 9.87. The first kappa shape index (κ1) is 34.4. The van der Waals surface area contributed by atoms with Gasteiger partial charge in [0.05, 0.1) is 22.1 Å². The lowest BCUT2D eigenvalue weighted by Gasteiger charge is -2.18. The molecule has 0 atom stereocenters. The maximum absolute atomic E-state index is 2.42. The van der Waals surface area contributed by atoms with Crippen LogP contribution < -0.4 is 0 Å². The van der Waals surface area contributed by atoms with E-state index in [1.807, 2.05) is 0 Å². The highest BCUT2D eigenvalue weighted by Gasteiger charge is 2.19. The Bertz CT molecular complexity index is 3550. The van der Waals surface area contributed by atoms with Gasteiger partial charge in [0.15, 0.2) is 0 Å². The first-order chi connectivity index (χ1) is 29.7. The summed E-state index contributed by atoms with van der Waals surface area (Å²) in [6.45, 7) is 2.21. The van der Waals surface area contributed by atoms with Crippen molar-refractivity contribution in [1.82, 2.24) is 9.13 Å². The normalized spacial score (nSPS) is 11.8. The van der Waals surface area contributed by atoms with Crippen LogP contribution in [-0.4, -0.2) is 9.13 Å². The van der Waals surface area contributed by atoms with E-state index in [0.29, 0.717) is 0 Å². The number of benzene rings is 10. The van der Waals surface area contributed by atoms with Crippen molar-refractivity contribution in [3.05, 3.63) is 218 Å².